The average Bonchev–Trinajstić information content (AvgIpc) is 3.19. The Morgan fingerprint density at radius 3 is 2.42 bits per heavy atom. The highest BCUT2D eigenvalue weighted by molar-refractivity contribution is 7.86. The predicted octanol–water partition coefficient (Wildman–Crippen LogP) is 2.38. The summed E-state index contributed by atoms with van der Waals surface area (Å²) in [6.07, 6.45) is 2.16. The number of piperidine rings is 2. The number of hydrogen-bond donors (Lipinski definition) is 1. The molecule has 0 aromatic heterocycles. The Kier molecular flexibility index (Phi) is 6.57. The van der Waals surface area contributed by atoms with E-state index in [2.05, 4.69) is 10.2 Å². The van der Waals surface area contributed by atoms with Crippen LogP contribution < -0.4 is 10.2 Å². The summed E-state index contributed by atoms with van der Waals surface area (Å²) in [7, 11) is -3.77. The molecule has 190 valence electrons. The van der Waals surface area contributed by atoms with Crippen LogP contribution in [0.4, 0.5) is 5.69 Å². The summed E-state index contributed by atoms with van der Waals surface area (Å²) in [6.45, 7) is 3.90. The first-order valence-electron chi connectivity index (χ1n) is 12.2. The lowest BCUT2D eigenvalue weighted by molar-refractivity contribution is -0.136. The van der Waals surface area contributed by atoms with Crippen molar-refractivity contribution in [2.45, 2.75) is 50.1 Å². The standard InChI is InChI=1S/C26H29N3O6S/c1-17-2-5-21(6-3-17)36(33,34)35-16-18-10-12-28(13-11-18)20-4-7-22-19(14-20)15-29(26(22)32)23-8-9-24(30)27-25(23)31/h2-7,14,18,23H,8-13,15-16H2,1H3,(H,27,30,31). The van der Waals surface area contributed by atoms with Crippen LogP contribution in [-0.2, 0) is 30.4 Å². The van der Waals surface area contributed by atoms with E-state index in [0.717, 1.165) is 42.7 Å². The quantitative estimate of drug-likeness (QED) is 0.468. The molecule has 0 radical (unpaired) electrons. The van der Waals surface area contributed by atoms with Crippen molar-refractivity contribution in [2.75, 3.05) is 24.6 Å². The first kappa shape index (κ1) is 24.5. The Labute approximate surface area is 210 Å². The fourth-order valence-corrected chi connectivity index (χ4v) is 6.05. The minimum absolute atomic E-state index is 0.139. The van der Waals surface area contributed by atoms with Gasteiger partial charge in [0.25, 0.3) is 16.0 Å². The van der Waals surface area contributed by atoms with Gasteiger partial charge in [-0.15, -0.1) is 0 Å². The molecule has 1 atom stereocenters. The molecule has 2 aromatic rings. The van der Waals surface area contributed by atoms with Gasteiger partial charge >= 0.3 is 0 Å². The second-order valence-electron chi connectivity index (χ2n) is 9.72. The van der Waals surface area contributed by atoms with Crippen LogP contribution in [0.25, 0.3) is 0 Å². The maximum Gasteiger partial charge on any atom is 0.296 e. The number of carbonyl (C=O) groups is 3. The number of anilines is 1. The monoisotopic (exact) mass is 511 g/mol. The average molecular weight is 512 g/mol. The molecule has 9 nitrogen and oxygen atoms in total. The molecule has 1 N–H and O–H groups in total. The van der Waals surface area contributed by atoms with Crippen molar-refractivity contribution in [3.63, 3.8) is 0 Å². The second kappa shape index (κ2) is 9.67. The van der Waals surface area contributed by atoms with Crippen LogP contribution in [0.5, 0.6) is 0 Å². The molecule has 5 rings (SSSR count). The van der Waals surface area contributed by atoms with E-state index in [-0.39, 0.29) is 35.7 Å². The molecule has 3 heterocycles. The van der Waals surface area contributed by atoms with Crippen molar-refractivity contribution in [1.82, 2.24) is 10.2 Å². The van der Waals surface area contributed by atoms with Gasteiger partial charge in [-0.25, -0.2) is 0 Å². The van der Waals surface area contributed by atoms with E-state index in [1.165, 1.54) is 0 Å². The highest BCUT2D eigenvalue weighted by Gasteiger charge is 2.39. The molecule has 0 saturated carbocycles. The van der Waals surface area contributed by atoms with E-state index in [4.69, 9.17) is 4.18 Å². The molecule has 2 saturated heterocycles. The van der Waals surface area contributed by atoms with Gasteiger partial charge in [-0.05, 0) is 68.0 Å². The second-order valence-corrected chi connectivity index (χ2v) is 11.3. The minimum Gasteiger partial charge on any atom is -0.372 e. The molecule has 1 unspecified atom stereocenters. The number of nitrogens with one attached hydrogen (secondary N) is 1. The number of carbonyl (C=O) groups excluding carboxylic acids is 3. The highest BCUT2D eigenvalue weighted by Crippen LogP contribution is 2.32. The van der Waals surface area contributed by atoms with Crippen LogP contribution in [0.15, 0.2) is 47.4 Å². The fraction of sp³-hybridized carbons (Fsp3) is 0.423. The van der Waals surface area contributed by atoms with Gasteiger partial charge in [-0.1, -0.05) is 17.7 Å². The molecule has 2 aromatic carbocycles. The SMILES string of the molecule is Cc1ccc(S(=O)(=O)OCC2CCN(c3ccc4c(c3)CN(C3CCC(=O)NC3=O)C4=O)CC2)cc1. The molecule has 0 spiro atoms. The van der Waals surface area contributed by atoms with Gasteiger partial charge in [-0.2, -0.15) is 8.42 Å². The van der Waals surface area contributed by atoms with Crippen molar-refractivity contribution in [1.29, 1.82) is 0 Å². The molecule has 3 aliphatic heterocycles. The Morgan fingerprint density at radius 2 is 1.72 bits per heavy atom. The normalized spacial score (nSPS) is 21.0. The molecular weight excluding hydrogens is 482 g/mol. The van der Waals surface area contributed by atoms with Crippen LogP contribution in [0.3, 0.4) is 0 Å². The number of rotatable bonds is 6. The molecule has 3 amide bonds. The molecule has 10 heteroatoms. The predicted molar refractivity (Wildman–Crippen MR) is 132 cm³/mol. The maximum atomic E-state index is 12.9. The van der Waals surface area contributed by atoms with Crippen molar-refractivity contribution >= 4 is 33.5 Å². The number of benzene rings is 2. The third-order valence-electron chi connectivity index (χ3n) is 7.26. The molecule has 0 aliphatic carbocycles. The molecule has 0 bridgehead atoms. The number of hydrogen-bond acceptors (Lipinski definition) is 7. The lowest BCUT2D eigenvalue weighted by atomic mass is 9.97. The van der Waals surface area contributed by atoms with Crippen LogP contribution in [0.2, 0.25) is 0 Å². The third-order valence-corrected chi connectivity index (χ3v) is 8.55. The zero-order valence-corrected chi connectivity index (χ0v) is 20.9. The lowest BCUT2D eigenvalue weighted by Crippen LogP contribution is -2.52. The number of fused-ring (bicyclic) bond motifs is 1. The Morgan fingerprint density at radius 1 is 1.00 bits per heavy atom. The lowest BCUT2D eigenvalue weighted by Gasteiger charge is -2.33. The van der Waals surface area contributed by atoms with Crippen molar-refractivity contribution in [3.8, 4) is 0 Å². The topological polar surface area (TPSA) is 113 Å². The number of aryl methyl sites for hydroxylation is 1. The number of nitrogens with zero attached hydrogens (tertiary/aromatic N) is 2. The van der Waals surface area contributed by atoms with Gasteiger partial charge in [0.2, 0.25) is 11.8 Å². The summed E-state index contributed by atoms with van der Waals surface area (Å²) in [6, 6.07) is 11.7. The zero-order valence-electron chi connectivity index (χ0n) is 20.1. The van der Waals surface area contributed by atoms with Gasteiger partial charge in [-0.3, -0.25) is 23.9 Å². The summed E-state index contributed by atoms with van der Waals surface area (Å²) in [5.41, 5.74) is 3.45. The van der Waals surface area contributed by atoms with Crippen molar-refractivity contribution < 1.29 is 27.0 Å². The van der Waals surface area contributed by atoms with E-state index < -0.39 is 22.1 Å². The Bertz CT molecular complexity index is 1300. The van der Waals surface area contributed by atoms with Gasteiger partial charge < -0.3 is 9.80 Å². The first-order valence-corrected chi connectivity index (χ1v) is 13.6. The smallest absolute Gasteiger partial charge is 0.296 e. The summed E-state index contributed by atoms with van der Waals surface area (Å²) in [5, 5.41) is 2.32. The molecule has 3 aliphatic rings. The van der Waals surface area contributed by atoms with Crippen LogP contribution in [0.1, 0.15) is 47.2 Å². The largest absolute Gasteiger partial charge is 0.372 e. The zero-order chi connectivity index (χ0) is 25.4. The summed E-state index contributed by atoms with van der Waals surface area (Å²) in [4.78, 5) is 40.6. The van der Waals surface area contributed by atoms with Crippen LogP contribution in [-0.4, -0.2) is 56.8 Å². The molecule has 36 heavy (non-hydrogen) atoms. The summed E-state index contributed by atoms with van der Waals surface area (Å²) < 4.78 is 30.3. The number of amides is 3. The van der Waals surface area contributed by atoms with Gasteiger partial charge in [0, 0.05) is 37.3 Å². The number of imide groups is 1. The van der Waals surface area contributed by atoms with E-state index in [0.29, 0.717) is 18.5 Å². The van der Waals surface area contributed by atoms with Gasteiger partial charge in [0.15, 0.2) is 0 Å². The molecule has 2 fully saturated rings. The summed E-state index contributed by atoms with van der Waals surface area (Å²) >= 11 is 0. The third kappa shape index (κ3) is 4.87. The fourth-order valence-electron chi connectivity index (χ4n) is 5.07. The van der Waals surface area contributed by atoms with E-state index >= 15 is 0 Å². The molecular formula is C26H29N3O6S. The van der Waals surface area contributed by atoms with E-state index in [9.17, 15) is 22.8 Å². The van der Waals surface area contributed by atoms with Crippen molar-refractivity contribution in [2.24, 2.45) is 5.92 Å². The van der Waals surface area contributed by atoms with Gasteiger partial charge in [0.05, 0.1) is 11.5 Å². The van der Waals surface area contributed by atoms with E-state index in [1.54, 1.807) is 29.2 Å². The van der Waals surface area contributed by atoms with Crippen LogP contribution in [0, 0.1) is 12.8 Å². The minimum atomic E-state index is -3.77. The van der Waals surface area contributed by atoms with E-state index in [1.807, 2.05) is 25.1 Å². The first-order chi connectivity index (χ1) is 17.2. The maximum absolute atomic E-state index is 12.9. The van der Waals surface area contributed by atoms with Crippen LogP contribution >= 0.6 is 0 Å². The van der Waals surface area contributed by atoms with Crippen molar-refractivity contribution in [3.05, 3.63) is 59.2 Å². The highest BCUT2D eigenvalue weighted by atomic mass is 32.2. The summed E-state index contributed by atoms with van der Waals surface area (Å²) in [5.74, 6) is -0.761. The Balaban J connectivity index is 1.17. The van der Waals surface area contributed by atoms with Gasteiger partial charge in [0.1, 0.15) is 6.04 Å². The Hall–Kier alpha value is -3.24.